The number of aryl methyl sites for hydroxylation is 1. The van der Waals surface area contributed by atoms with Gasteiger partial charge >= 0.3 is 0 Å². The molecular weight excluding hydrogens is 408 g/mol. The topological polar surface area (TPSA) is 101 Å². The molecule has 144 valence electrons. The second kappa shape index (κ2) is 8.77. The lowest BCUT2D eigenvalue weighted by atomic mass is 10.0. The average molecular weight is 433 g/mol. The Balaban J connectivity index is 1.88. The van der Waals surface area contributed by atoms with Crippen LogP contribution in [0.2, 0.25) is 0 Å². The van der Waals surface area contributed by atoms with Crippen molar-refractivity contribution in [2.45, 2.75) is 38.8 Å². The van der Waals surface area contributed by atoms with Crippen LogP contribution in [0.3, 0.4) is 0 Å². The first-order chi connectivity index (χ1) is 13.0. The minimum Gasteiger partial charge on any atom is -0.394 e. The summed E-state index contributed by atoms with van der Waals surface area (Å²) in [5.74, 6) is 0.951. The van der Waals surface area contributed by atoms with E-state index in [0.29, 0.717) is 11.5 Å². The van der Waals surface area contributed by atoms with Crippen molar-refractivity contribution < 1.29 is 5.11 Å². The van der Waals surface area contributed by atoms with Crippen LogP contribution in [0.1, 0.15) is 37.6 Å². The van der Waals surface area contributed by atoms with E-state index >= 15 is 0 Å². The van der Waals surface area contributed by atoms with Crippen LogP contribution >= 0.6 is 15.9 Å². The molecule has 0 saturated heterocycles. The fraction of sp³-hybridized carbons (Fsp3) is 0.421. The highest BCUT2D eigenvalue weighted by Crippen LogP contribution is 2.25. The zero-order valence-electron chi connectivity index (χ0n) is 15.5. The standard InChI is InChI=1S/C19H25BrN6O/c1-12(2)16(11-27)24-18-8-17(26-19(25-18)14(20)10-23-26)15(21)6-5-13-4-3-7-22-9-13/h3-4,7-10,12,15-16,27H,5-6,11,21H2,1-2H3,(H,24,25). The van der Waals surface area contributed by atoms with Crippen LogP contribution < -0.4 is 11.1 Å². The first-order valence-electron chi connectivity index (χ1n) is 9.05. The van der Waals surface area contributed by atoms with E-state index in [1.54, 1.807) is 16.9 Å². The highest BCUT2D eigenvalue weighted by Gasteiger charge is 2.18. The quantitative estimate of drug-likeness (QED) is 0.505. The molecule has 0 fully saturated rings. The fourth-order valence-electron chi connectivity index (χ4n) is 2.93. The Bertz CT molecular complexity index is 883. The van der Waals surface area contributed by atoms with Gasteiger partial charge in [0.25, 0.3) is 0 Å². The van der Waals surface area contributed by atoms with Gasteiger partial charge in [0, 0.05) is 24.5 Å². The van der Waals surface area contributed by atoms with Gasteiger partial charge in [-0.25, -0.2) is 9.50 Å². The molecule has 3 aromatic heterocycles. The molecule has 0 aromatic carbocycles. The maximum Gasteiger partial charge on any atom is 0.171 e. The van der Waals surface area contributed by atoms with Crippen molar-refractivity contribution in [2.75, 3.05) is 11.9 Å². The van der Waals surface area contributed by atoms with Crippen LogP contribution in [0, 0.1) is 5.92 Å². The molecule has 0 spiro atoms. The number of aliphatic hydroxyl groups is 1. The van der Waals surface area contributed by atoms with E-state index < -0.39 is 0 Å². The van der Waals surface area contributed by atoms with Gasteiger partial charge in [0.1, 0.15) is 5.82 Å². The zero-order valence-corrected chi connectivity index (χ0v) is 17.1. The molecule has 2 unspecified atom stereocenters. The molecule has 3 aromatic rings. The molecule has 0 saturated carbocycles. The molecule has 0 aliphatic rings. The van der Waals surface area contributed by atoms with Crippen molar-refractivity contribution in [2.24, 2.45) is 11.7 Å². The van der Waals surface area contributed by atoms with Crippen molar-refractivity contribution in [1.29, 1.82) is 0 Å². The van der Waals surface area contributed by atoms with E-state index in [9.17, 15) is 5.11 Å². The Morgan fingerprint density at radius 3 is 2.81 bits per heavy atom. The lowest BCUT2D eigenvalue weighted by Crippen LogP contribution is -2.30. The highest BCUT2D eigenvalue weighted by atomic mass is 79.9. The Labute approximate surface area is 167 Å². The summed E-state index contributed by atoms with van der Waals surface area (Å²) in [6.45, 7) is 4.15. The van der Waals surface area contributed by atoms with Gasteiger partial charge < -0.3 is 16.2 Å². The molecule has 0 aliphatic carbocycles. The Kier molecular flexibility index (Phi) is 6.41. The van der Waals surface area contributed by atoms with Crippen LogP contribution in [-0.2, 0) is 6.42 Å². The number of nitrogens with one attached hydrogen (secondary N) is 1. The number of halogens is 1. The lowest BCUT2D eigenvalue weighted by Gasteiger charge is -2.22. The molecular formula is C19H25BrN6O. The number of anilines is 1. The third-order valence-electron chi connectivity index (χ3n) is 4.64. The number of nitrogens with two attached hydrogens (primary N) is 1. The average Bonchev–Trinajstić information content (AvgIpc) is 3.05. The smallest absolute Gasteiger partial charge is 0.171 e. The molecule has 7 nitrogen and oxygen atoms in total. The van der Waals surface area contributed by atoms with Crippen LogP contribution in [0.5, 0.6) is 0 Å². The zero-order chi connectivity index (χ0) is 19.4. The number of hydrogen-bond donors (Lipinski definition) is 3. The first-order valence-corrected chi connectivity index (χ1v) is 9.85. The van der Waals surface area contributed by atoms with E-state index in [-0.39, 0.29) is 24.6 Å². The minimum absolute atomic E-state index is 0.0351. The Hall–Kier alpha value is -2.03. The fourth-order valence-corrected chi connectivity index (χ4v) is 3.27. The third kappa shape index (κ3) is 4.63. The van der Waals surface area contributed by atoms with Crippen molar-refractivity contribution >= 4 is 27.4 Å². The summed E-state index contributed by atoms with van der Waals surface area (Å²) in [7, 11) is 0. The first kappa shape index (κ1) is 19.7. The van der Waals surface area contributed by atoms with Gasteiger partial charge in [-0.15, -0.1) is 0 Å². The van der Waals surface area contributed by atoms with Crippen LogP contribution in [0.15, 0.2) is 41.3 Å². The van der Waals surface area contributed by atoms with Crippen molar-refractivity contribution in [1.82, 2.24) is 19.6 Å². The van der Waals surface area contributed by atoms with E-state index in [4.69, 9.17) is 5.73 Å². The van der Waals surface area contributed by atoms with Crippen molar-refractivity contribution in [3.8, 4) is 0 Å². The number of nitrogens with zero attached hydrogens (tertiary/aromatic N) is 4. The van der Waals surface area contributed by atoms with Gasteiger partial charge in [0.2, 0.25) is 0 Å². The van der Waals surface area contributed by atoms with Gasteiger partial charge in [-0.3, -0.25) is 4.98 Å². The summed E-state index contributed by atoms with van der Waals surface area (Å²) in [6, 6.07) is 5.61. The Morgan fingerprint density at radius 1 is 1.33 bits per heavy atom. The summed E-state index contributed by atoms with van der Waals surface area (Å²) >= 11 is 3.50. The number of hydrogen-bond acceptors (Lipinski definition) is 6. The van der Waals surface area contributed by atoms with E-state index in [2.05, 4.69) is 50.2 Å². The second-order valence-electron chi connectivity index (χ2n) is 6.98. The maximum atomic E-state index is 9.63. The number of aliphatic hydroxyl groups excluding tert-OH is 1. The molecule has 3 rings (SSSR count). The van der Waals surface area contributed by atoms with Gasteiger partial charge in [0.15, 0.2) is 5.65 Å². The summed E-state index contributed by atoms with van der Waals surface area (Å²) in [6.07, 6.45) is 6.93. The lowest BCUT2D eigenvalue weighted by molar-refractivity contribution is 0.249. The summed E-state index contributed by atoms with van der Waals surface area (Å²) in [5, 5.41) is 17.4. The number of rotatable bonds is 8. The van der Waals surface area contributed by atoms with Gasteiger partial charge in [0.05, 0.1) is 29.0 Å². The molecule has 4 N–H and O–H groups in total. The number of aromatic nitrogens is 4. The molecule has 27 heavy (non-hydrogen) atoms. The van der Waals surface area contributed by atoms with Crippen LogP contribution in [-0.4, -0.2) is 37.3 Å². The summed E-state index contributed by atoms with van der Waals surface area (Å²) in [4.78, 5) is 8.79. The molecule has 3 heterocycles. The SMILES string of the molecule is CC(C)C(CO)Nc1cc(C(N)CCc2cccnc2)n2ncc(Br)c2n1. The molecule has 0 amide bonds. The normalized spacial score (nSPS) is 13.9. The van der Waals surface area contributed by atoms with Gasteiger partial charge in [-0.2, -0.15) is 5.10 Å². The number of fused-ring (bicyclic) bond motifs is 1. The minimum atomic E-state index is -0.213. The second-order valence-corrected chi connectivity index (χ2v) is 7.83. The van der Waals surface area contributed by atoms with Gasteiger partial charge in [-0.05, 0) is 46.3 Å². The highest BCUT2D eigenvalue weighted by molar-refractivity contribution is 9.10. The summed E-state index contributed by atoms with van der Waals surface area (Å²) < 4.78 is 2.57. The monoisotopic (exact) mass is 432 g/mol. The maximum absolute atomic E-state index is 9.63. The summed E-state index contributed by atoms with van der Waals surface area (Å²) in [5.41, 5.74) is 9.23. The Morgan fingerprint density at radius 2 is 2.15 bits per heavy atom. The molecule has 0 aliphatic heterocycles. The third-order valence-corrected chi connectivity index (χ3v) is 5.20. The van der Waals surface area contributed by atoms with E-state index in [1.807, 2.05) is 24.4 Å². The van der Waals surface area contributed by atoms with E-state index in [1.165, 1.54) is 0 Å². The molecule has 8 heteroatoms. The predicted molar refractivity (Wildman–Crippen MR) is 110 cm³/mol. The molecule has 2 atom stereocenters. The molecule has 0 radical (unpaired) electrons. The van der Waals surface area contributed by atoms with Gasteiger partial charge in [-0.1, -0.05) is 19.9 Å². The van der Waals surface area contributed by atoms with Crippen molar-refractivity contribution in [3.05, 3.63) is 52.5 Å². The van der Waals surface area contributed by atoms with Crippen LogP contribution in [0.4, 0.5) is 5.82 Å². The van der Waals surface area contributed by atoms with Crippen LogP contribution in [0.25, 0.3) is 5.65 Å². The van der Waals surface area contributed by atoms with Crippen molar-refractivity contribution in [3.63, 3.8) is 0 Å². The molecule has 0 bridgehead atoms. The largest absolute Gasteiger partial charge is 0.394 e. The number of pyridine rings is 1. The predicted octanol–water partition coefficient (Wildman–Crippen LogP) is 2.95. The van der Waals surface area contributed by atoms with E-state index in [0.717, 1.165) is 28.6 Å².